The van der Waals surface area contributed by atoms with Crippen LogP contribution in [0.1, 0.15) is 17.3 Å². The highest BCUT2D eigenvalue weighted by atomic mass is 35.5. The average molecular weight is 283 g/mol. The summed E-state index contributed by atoms with van der Waals surface area (Å²) in [4.78, 5) is 15.9. The van der Waals surface area contributed by atoms with Gasteiger partial charge in [-0.2, -0.15) is 9.61 Å². The van der Waals surface area contributed by atoms with E-state index in [-0.39, 0.29) is 17.3 Å². The largest absolute Gasteiger partial charge is 0.485 e. The molecule has 0 saturated heterocycles. The van der Waals surface area contributed by atoms with Gasteiger partial charge >= 0.3 is 5.97 Å². The lowest BCUT2D eigenvalue weighted by molar-refractivity contribution is 0.0528. The molecule has 0 saturated carbocycles. The molecule has 1 aliphatic rings. The maximum atomic E-state index is 11.8. The van der Waals surface area contributed by atoms with Crippen molar-refractivity contribution in [2.45, 2.75) is 6.92 Å². The number of nitrogens with zero attached hydrogens (tertiary/aromatic N) is 3. The van der Waals surface area contributed by atoms with Gasteiger partial charge in [0.2, 0.25) is 0 Å². The molecule has 0 fully saturated rings. The van der Waals surface area contributed by atoms with Crippen LogP contribution in [0.4, 0.5) is 5.82 Å². The number of carbonyl (C=O) groups is 1. The minimum Gasteiger partial charge on any atom is -0.485 e. The lowest BCUT2D eigenvalue weighted by Crippen LogP contribution is -2.21. The summed E-state index contributed by atoms with van der Waals surface area (Å²) in [7, 11) is 0. The highest BCUT2D eigenvalue weighted by Crippen LogP contribution is 2.34. The zero-order chi connectivity index (χ0) is 13.4. The first-order valence-corrected chi connectivity index (χ1v) is 6.21. The number of hydrogen-bond acceptors (Lipinski definition) is 6. The first kappa shape index (κ1) is 12.0. The van der Waals surface area contributed by atoms with Gasteiger partial charge in [0.25, 0.3) is 0 Å². The predicted octanol–water partition coefficient (Wildman–Crippen LogP) is 1.36. The summed E-state index contributed by atoms with van der Waals surface area (Å²) in [6.07, 6.45) is 1.41. The number of anilines is 1. The number of esters is 1. The van der Waals surface area contributed by atoms with E-state index in [2.05, 4.69) is 15.4 Å². The summed E-state index contributed by atoms with van der Waals surface area (Å²) in [5.41, 5.74) is 0.624. The maximum absolute atomic E-state index is 11.8. The van der Waals surface area contributed by atoms with Gasteiger partial charge in [0, 0.05) is 0 Å². The van der Waals surface area contributed by atoms with Crippen molar-refractivity contribution in [3.05, 3.63) is 16.9 Å². The zero-order valence-electron chi connectivity index (χ0n) is 10.1. The van der Waals surface area contributed by atoms with Crippen molar-refractivity contribution in [3.63, 3.8) is 0 Å². The van der Waals surface area contributed by atoms with E-state index >= 15 is 0 Å². The summed E-state index contributed by atoms with van der Waals surface area (Å²) in [6.45, 7) is 3.17. The Morgan fingerprint density at radius 2 is 2.53 bits per heavy atom. The third-order valence-electron chi connectivity index (χ3n) is 2.70. The van der Waals surface area contributed by atoms with Crippen molar-refractivity contribution < 1.29 is 14.3 Å². The van der Waals surface area contributed by atoms with Crippen LogP contribution in [0.2, 0.25) is 5.15 Å². The fourth-order valence-electron chi connectivity index (χ4n) is 1.91. The summed E-state index contributed by atoms with van der Waals surface area (Å²) in [5, 5.41) is 7.45. The Bertz CT molecular complexity index is 655. The number of nitrogens with one attached hydrogen (secondary N) is 1. The van der Waals surface area contributed by atoms with Crippen LogP contribution in [-0.4, -0.2) is 40.3 Å². The van der Waals surface area contributed by atoms with E-state index in [1.165, 1.54) is 10.7 Å². The summed E-state index contributed by atoms with van der Waals surface area (Å²) in [5.74, 6) is 0.563. The molecule has 3 heterocycles. The van der Waals surface area contributed by atoms with Crippen molar-refractivity contribution in [2.24, 2.45) is 0 Å². The average Bonchev–Trinajstić information content (AvgIpc) is 2.83. The van der Waals surface area contributed by atoms with Crippen LogP contribution in [0, 0.1) is 0 Å². The van der Waals surface area contributed by atoms with Crippen LogP contribution in [0.25, 0.3) is 5.65 Å². The van der Waals surface area contributed by atoms with Crippen molar-refractivity contribution in [3.8, 4) is 5.75 Å². The van der Waals surface area contributed by atoms with Gasteiger partial charge in [-0.3, -0.25) is 0 Å². The van der Waals surface area contributed by atoms with Crippen molar-refractivity contribution >= 4 is 29.0 Å². The lowest BCUT2D eigenvalue weighted by Gasteiger charge is -2.20. The van der Waals surface area contributed by atoms with Gasteiger partial charge in [0.15, 0.2) is 22.4 Å². The Labute approximate surface area is 113 Å². The van der Waals surface area contributed by atoms with Gasteiger partial charge in [0.05, 0.1) is 19.3 Å². The second-order valence-electron chi connectivity index (χ2n) is 3.87. The summed E-state index contributed by atoms with van der Waals surface area (Å²) < 4.78 is 11.9. The van der Waals surface area contributed by atoms with Crippen LogP contribution >= 0.6 is 11.6 Å². The van der Waals surface area contributed by atoms with Crippen molar-refractivity contribution in [2.75, 3.05) is 25.1 Å². The second-order valence-corrected chi connectivity index (χ2v) is 4.23. The van der Waals surface area contributed by atoms with Gasteiger partial charge in [0.1, 0.15) is 12.2 Å². The summed E-state index contributed by atoms with van der Waals surface area (Å²) >= 11 is 6.06. The molecule has 7 nitrogen and oxygen atoms in total. The number of rotatable bonds is 2. The predicted molar refractivity (Wildman–Crippen MR) is 67.9 cm³/mol. The van der Waals surface area contributed by atoms with E-state index in [0.29, 0.717) is 30.4 Å². The van der Waals surface area contributed by atoms with Crippen molar-refractivity contribution in [1.29, 1.82) is 0 Å². The van der Waals surface area contributed by atoms with Gasteiger partial charge in [-0.15, -0.1) is 0 Å². The standard InChI is InChI=1S/C11H11ClN4O3/c1-2-18-11(17)6-5-14-16-9(6)15-8(12)7-10(16)13-3-4-19-7/h5,13H,2-4H2,1H3. The maximum Gasteiger partial charge on any atom is 0.343 e. The minimum atomic E-state index is -0.474. The van der Waals surface area contributed by atoms with Crippen LogP contribution in [0.3, 0.4) is 0 Å². The first-order valence-electron chi connectivity index (χ1n) is 5.83. The topological polar surface area (TPSA) is 77.8 Å². The molecule has 19 heavy (non-hydrogen) atoms. The Hall–Kier alpha value is -2.02. The number of hydrogen-bond donors (Lipinski definition) is 1. The molecule has 0 radical (unpaired) electrons. The fourth-order valence-corrected chi connectivity index (χ4v) is 2.13. The van der Waals surface area contributed by atoms with Crippen LogP contribution in [0.15, 0.2) is 6.20 Å². The van der Waals surface area contributed by atoms with Gasteiger partial charge in [-0.25, -0.2) is 9.78 Å². The molecule has 1 aliphatic heterocycles. The van der Waals surface area contributed by atoms with Gasteiger partial charge in [-0.05, 0) is 6.92 Å². The monoisotopic (exact) mass is 282 g/mol. The van der Waals surface area contributed by atoms with E-state index in [1.54, 1.807) is 6.92 Å². The number of ether oxygens (including phenoxy) is 2. The van der Waals surface area contributed by atoms with Gasteiger partial charge in [-0.1, -0.05) is 11.6 Å². The smallest absolute Gasteiger partial charge is 0.343 e. The quantitative estimate of drug-likeness (QED) is 0.662. The van der Waals surface area contributed by atoms with E-state index in [9.17, 15) is 4.79 Å². The Kier molecular flexibility index (Phi) is 2.90. The van der Waals surface area contributed by atoms with E-state index in [4.69, 9.17) is 21.1 Å². The molecule has 3 rings (SSSR count). The Morgan fingerprint density at radius 3 is 3.32 bits per heavy atom. The van der Waals surface area contributed by atoms with Crippen LogP contribution in [0.5, 0.6) is 5.75 Å². The molecule has 1 N–H and O–H groups in total. The molecule has 0 aromatic carbocycles. The van der Waals surface area contributed by atoms with Crippen molar-refractivity contribution in [1.82, 2.24) is 14.6 Å². The first-order chi connectivity index (χ1) is 9.22. The normalized spacial score (nSPS) is 13.6. The molecule has 0 bridgehead atoms. The molecule has 2 aromatic rings. The highest BCUT2D eigenvalue weighted by Gasteiger charge is 2.24. The van der Waals surface area contributed by atoms with E-state index < -0.39 is 5.97 Å². The lowest BCUT2D eigenvalue weighted by atomic mass is 10.3. The Balaban J connectivity index is 2.19. The molecule has 0 unspecified atom stereocenters. The molecule has 8 heteroatoms. The molecule has 0 spiro atoms. The molecular weight excluding hydrogens is 272 g/mol. The molecule has 100 valence electrons. The number of carbonyl (C=O) groups excluding carboxylic acids is 1. The number of fused-ring (bicyclic) bond motifs is 3. The molecular formula is C11H11ClN4O3. The summed E-state index contributed by atoms with van der Waals surface area (Å²) in [6, 6.07) is 0. The minimum absolute atomic E-state index is 0.195. The second kappa shape index (κ2) is 4.58. The molecule has 0 atom stereocenters. The molecule has 2 aromatic heterocycles. The van der Waals surface area contributed by atoms with E-state index in [1.807, 2.05) is 0 Å². The number of aromatic nitrogens is 3. The van der Waals surface area contributed by atoms with Crippen LogP contribution in [-0.2, 0) is 4.74 Å². The zero-order valence-corrected chi connectivity index (χ0v) is 10.9. The van der Waals surface area contributed by atoms with E-state index in [0.717, 1.165) is 0 Å². The number of halogens is 1. The third kappa shape index (κ3) is 1.86. The Morgan fingerprint density at radius 1 is 1.68 bits per heavy atom. The van der Waals surface area contributed by atoms with Gasteiger partial charge < -0.3 is 14.8 Å². The fraction of sp³-hybridized carbons (Fsp3) is 0.364. The van der Waals surface area contributed by atoms with Crippen LogP contribution < -0.4 is 10.1 Å². The molecule has 0 aliphatic carbocycles. The highest BCUT2D eigenvalue weighted by molar-refractivity contribution is 6.31. The molecule has 0 amide bonds. The third-order valence-corrected chi connectivity index (χ3v) is 2.95. The SMILES string of the molecule is CCOC(=O)c1cnn2c3c(c(Cl)nc12)OCCN3.